The van der Waals surface area contributed by atoms with E-state index in [1.165, 1.54) is 0 Å². The largest absolute Gasteiger partial charge is 0.432 e. The van der Waals surface area contributed by atoms with Crippen LogP contribution in [0.3, 0.4) is 0 Å². The average Bonchev–Trinajstić information content (AvgIpc) is 2.75. The van der Waals surface area contributed by atoms with Gasteiger partial charge in [0.05, 0.1) is 5.69 Å². The summed E-state index contributed by atoms with van der Waals surface area (Å²) in [5, 5.41) is 5.77. The van der Waals surface area contributed by atoms with Gasteiger partial charge in [-0.3, -0.25) is 5.10 Å². The Morgan fingerprint density at radius 1 is 1.06 bits per heavy atom. The molecule has 0 aliphatic rings. The molecule has 1 N–H and O–H groups in total. The summed E-state index contributed by atoms with van der Waals surface area (Å²) >= 11 is 0. The molecule has 0 aliphatic heterocycles. The fourth-order valence-electron chi connectivity index (χ4n) is 1.84. The number of hydrogen-bond acceptors (Lipinski definition) is 1. The van der Waals surface area contributed by atoms with Gasteiger partial charge in [-0.25, -0.2) is 0 Å². The summed E-state index contributed by atoms with van der Waals surface area (Å²) in [6.07, 6.45) is -4.39. The number of H-pyrrole nitrogens is 1. The molecule has 0 fully saturated rings. The van der Waals surface area contributed by atoms with Crippen molar-refractivity contribution in [3.05, 3.63) is 40.6 Å². The lowest BCUT2D eigenvalue weighted by Crippen LogP contribution is -2.04. The van der Waals surface area contributed by atoms with Gasteiger partial charge < -0.3 is 0 Å². The van der Waals surface area contributed by atoms with Crippen LogP contribution in [0.1, 0.15) is 22.4 Å². The molecular weight excluding hydrogens is 241 g/mol. The standard InChI is InChI=1S/C13H13F3N2/c1-7-4-5-10(9(3)8(7)2)11-6-12(18-17-11)13(14,15)16/h4-6H,1-3H3,(H,17,18). The molecule has 1 aromatic heterocycles. The van der Waals surface area contributed by atoms with E-state index in [4.69, 9.17) is 0 Å². The highest BCUT2D eigenvalue weighted by Gasteiger charge is 2.33. The van der Waals surface area contributed by atoms with E-state index in [-0.39, 0.29) is 0 Å². The minimum atomic E-state index is -4.39. The van der Waals surface area contributed by atoms with Crippen LogP contribution in [-0.2, 0) is 6.18 Å². The Morgan fingerprint density at radius 2 is 1.72 bits per heavy atom. The Bertz CT molecular complexity index is 582. The molecule has 18 heavy (non-hydrogen) atoms. The van der Waals surface area contributed by atoms with E-state index in [2.05, 4.69) is 5.10 Å². The Kier molecular flexibility index (Phi) is 2.92. The number of alkyl halides is 3. The first-order valence-corrected chi connectivity index (χ1v) is 5.50. The van der Waals surface area contributed by atoms with Crippen LogP contribution in [0.15, 0.2) is 18.2 Å². The van der Waals surface area contributed by atoms with Gasteiger partial charge in [0.25, 0.3) is 0 Å². The molecule has 0 saturated heterocycles. The van der Waals surface area contributed by atoms with E-state index in [0.29, 0.717) is 5.69 Å². The molecular formula is C13H13F3N2. The average molecular weight is 254 g/mol. The summed E-state index contributed by atoms with van der Waals surface area (Å²) < 4.78 is 37.5. The van der Waals surface area contributed by atoms with Crippen molar-refractivity contribution in [2.45, 2.75) is 26.9 Å². The second kappa shape index (κ2) is 4.15. The third-order valence-electron chi connectivity index (χ3n) is 3.22. The van der Waals surface area contributed by atoms with Gasteiger partial charge in [-0.15, -0.1) is 0 Å². The Balaban J connectivity index is 2.50. The van der Waals surface area contributed by atoms with Gasteiger partial charge in [0, 0.05) is 5.56 Å². The number of aromatic nitrogens is 2. The highest BCUT2D eigenvalue weighted by molar-refractivity contribution is 5.66. The molecule has 2 rings (SSSR count). The van der Waals surface area contributed by atoms with Crippen molar-refractivity contribution in [3.63, 3.8) is 0 Å². The summed E-state index contributed by atoms with van der Waals surface area (Å²) in [7, 11) is 0. The van der Waals surface area contributed by atoms with Gasteiger partial charge in [-0.05, 0) is 43.5 Å². The highest BCUT2D eigenvalue weighted by Crippen LogP contribution is 2.32. The summed E-state index contributed by atoms with van der Waals surface area (Å²) in [6, 6.07) is 4.73. The molecule has 0 amide bonds. The Hall–Kier alpha value is -1.78. The molecule has 1 heterocycles. The topological polar surface area (TPSA) is 28.7 Å². The van der Waals surface area contributed by atoms with Crippen LogP contribution in [0, 0.1) is 20.8 Å². The lowest BCUT2D eigenvalue weighted by molar-refractivity contribution is -0.141. The van der Waals surface area contributed by atoms with Crippen molar-refractivity contribution >= 4 is 0 Å². The monoisotopic (exact) mass is 254 g/mol. The van der Waals surface area contributed by atoms with E-state index in [9.17, 15) is 13.2 Å². The number of benzene rings is 1. The molecule has 0 unspecified atom stereocenters. The van der Waals surface area contributed by atoms with E-state index in [0.717, 1.165) is 28.3 Å². The zero-order valence-corrected chi connectivity index (χ0v) is 10.3. The van der Waals surface area contributed by atoms with Crippen LogP contribution >= 0.6 is 0 Å². The van der Waals surface area contributed by atoms with Gasteiger partial charge in [0.2, 0.25) is 0 Å². The number of nitrogens with one attached hydrogen (secondary N) is 1. The lowest BCUT2D eigenvalue weighted by Gasteiger charge is -2.08. The number of aromatic amines is 1. The van der Waals surface area contributed by atoms with Gasteiger partial charge in [-0.1, -0.05) is 12.1 Å². The predicted molar refractivity (Wildman–Crippen MR) is 63.2 cm³/mol. The number of aryl methyl sites for hydroxylation is 1. The number of hydrogen-bond donors (Lipinski definition) is 1. The minimum Gasteiger partial charge on any atom is -0.273 e. The SMILES string of the molecule is Cc1ccc(-c2cc(C(F)(F)F)[nH]n2)c(C)c1C. The summed E-state index contributed by atoms with van der Waals surface area (Å²) in [5.74, 6) is 0. The lowest BCUT2D eigenvalue weighted by atomic mass is 9.97. The molecule has 2 aromatic rings. The molecule has 0 aliphatic carbocycles. The normalized spacial score (nSPS) is 11.9. The smallest absolute Gasteiger partial charge is 0.273 e. The van der Waals surface area contributed by atoms with Gasteiger partial charge in [-0.2, -0.15) is 18.3 Å². The fraction of sp³-hybridized carbons (Fsp3) is 0.308. The fourth-order valence-corrected chi connectivity index (χ4v) is 1.84. The molecule has 0 radical (unpaired) electrons. The van der Waals surface area contributed by atoms with Crippen molar-refractivity contribution in [1.82, 2.24) is 10.2 Å². The maximum Gasteiger partial charge on any atom is 0.432 e. The highest BCUT2D eigenvalue weighted by atomic mass is 19.4. The molecule has 0 spiro atoms. The van der Waals surface area contributed by atoms with Crippen molar-refractivity contribution in [3.8, 4) is 11.3 Å². The zero-order chi connectivity index (χ0) is 13.5. The van der Waals surface area contributed by atoms with Gasteiger partial charge >= 0.3 is 6.18 Å². The third-order valence-corrected chi connectivity index (χ3v) is 3.22. The van der Waals surface area contributed by atoms with Crippen molar-refractivity contribution < 1.29 is 13.2 Å². The first-order valence-electron chi connectivity index (χ1n) is 5.50. The molecule has 1 aromatic carbocycles. The van der Waals surface area contributed by atoms with E-state index >= 15 is 0 Å². The summed E-state index contributed by atoms with van der Waals surface area (Å²) in [5.41, 5.74) is 3.37. The first kappa shape index (κ1) is 12.7. The van der Waals surface area contributed by atoms with Crippen molar-refractivity contribution in [1.29, 1.82) is 0 Å². The first-order chi connectivity index (χ1) is 8.30. The zero-order valence-electron chi connectivity index (χ0n) is 10.3. The number of halogens is 3. The van der Waals surface area contributed by atoms with Crippen LogP contribution in [0.25, 0.3) is 11.3 Å². The molecule has 5 heteroatoms. The molecule has 2 nitrogen and oxygen atoms in total. The Labute approximate surface area is 103 Å². The van der Waals surface area contributed by atoms with E-state index in [1.807, 2.05) is 31.9 Å². The molecule has 0 saturated carbocycles. The minimum absolute atomic E-state index is 0.322. The molecule has 0 atom stereocenters. The summed E-state index contributed by atoms with van der Waals surface area (Å²) in [6.45, 7) is 5.81. The second-order valence-corrected chi connectivity index (χ2v) is 4.34. The Morgan fingerprint density at radius 3 is 2.28 bits per heavy atom. The van der Waals surface area contributed by atoms with Crippen LogP contribution in [0.2, 0.25) is 0 Å². The molecule has 0 bridgehead atoms. The van der Waals surface area contributed by atoms with Gasteiger partial charge in [0.15, 0.2) is 0 Å². The number of nitrogens with zero attached hydrogens (tertiary/aromatic N) is 1. The van der Waals surface area contributed by atoms with E-state index < -0.39 is 11.9 Å². The van der Waals surface area contributed by atoms with Crippen molar-refractivity contribution in [2.75, 3.05) is 0 Å². The van der Waals surface area contributed by atoms with Crippen molar-refractivity contribution in [2.24, 2.45) is 0 Å². The third kappa shape index (κ3) is 2.12. The maximum absolute atomic E-state index is 12.5. The molecule has 96 valence electrons. The quantitative estimate of drug-likeness (QED) is 0.818. The van der Waals surface area contributed by atoms with Crippen LogP contribution < -0.4 is 0 Å². The van der Waals surface area contributed by atoms with Gasteiger partial charge in [0.1, 0.15) is 5.69 Å². The van der Waals surface area contributed by atoms with Crippen LogP contribution in [-0.4, -0.2) is 10.2 Å². The summed E-state index contributed by atoms with van der Waals surface area (Å²) in [4.78, 5) is 0. The van der Waals surface area contributed by atoms with Crippen LogP contribution in [0.5, 0.6) is 0 Å². The number of rotatable bonds is 1. The predicted octanol–water partition coefficient (Wildman–Crippen LogP) is 4.02. The van der Waals surface area contributed by atoms with Crippen LogP contribution in [0.4, 0.5) is 13.2 Å². The maximum atomic E-state index is 12.5. The second-order valence-electron chi connectivity index (χ2n) is 4.34. The van der Waals surface area contributed by atoms with E-state index in [1.54, 1.807) is 6.07 Å².